The lowest BCUT2D eigenvalue weighted by Gasteiger charge is -2.09. The second-order valence-corrected chi connectivity index (χ2v) is 5.09. The van der Waals surface area contributed by atoms with E-state index in [4.69, 9.17) is 9.39 Å². The van der Waals surface area contributed by atoms with Crippen molar-refractivity contribution in [1.29, 1.82) is 0 Å². The van der Waals surface area contributed by atoms with Gasteiger partial charge in [-0.2, -0.15) is 0 Å². The van der Waals surface area contributed by atoms with E-state index in [-0.39, 0.29) is 19.3 Å². The molecule has 1 aliphatic heterocycles. The first-order chi connectivity index (χ1) is 10.7. The third-order valence-electron chi connectivity index (χ3n) is 3.58. The molecule has 0 radical (unpaired) electrons. The van der Waals surface area contributed by atoms with Crippen molar-refractivity contribution >= 4 is 18.9 Å². The summed E-state index contributed by atoms with van der Waals surface area (Å²) in [6.07, 6.45) is 0. The van der Waals surface area contributed by atoms with Gasteiger partial charge in [-0.15, -0.1) is 0 Å². The van der Waals surface area contributed by atoms with Gasteiger partial charge in [0.15, 0.2) is 11.6 Å². The number of halogens is 1. The fourth-order valence-electron chi connectivity index (χ4n) is 2.45. The molecule has 2 aromatic rings. The lowest BCUT2D eigenvalue weighted by atomic mass is 9.64. The highest BCUT2D eigenvalue weighted by Crippen LogP contribution is 2.27. The maximum absolute atomic E-state index is 14.0. The normalized spacial score (nSPS) is 12.9. The van der Waals surface area contributed by atoms with E-state index < -0.39 is 5.82 Å². The number of hydrogen-bond donors (Lipinski definition) is 0. The number of rotatable bonds is 5. The fourth-order valence-corrected chi connectivity index (χ4v) is 2.45. The Bertz CT molecular complexity index is 705. The molecule has 0 spiro atoms. The van der Waals surface area contributed by atoms with Crippen LogP contribution in [0.25, 0.3) is 0 Å². The quantitative estimate of drug-likeness (QED) is 0.629. The Hall–Kier alpha value is -2.34. The van der Waals surface area contributed by atoms with Crippen molar-refractivity contribution in [3.05, 3.63) is 53.3 Å². The average Bonchev–Trinajstić information content (AvgIpc) is 2.88. The van der Waals surface area contributed by atoms with Gasteiger partial charge in [-0.1, -0.05) is 19.0 Å². The summed E-state index contributed by atoms with van der Waals surface area (Å²) in [5, 5.41) is 0. The molecule has 1 heterocycles. The molecular formula is C16H14BFO4. The molecular weight excluding hydrogens is 286 g/mol. The number of hydrogen-bond acceptors (Lipinski definition) is 4. The molecule has 1 aliphatic rings. The second-order valence-electron chi connectivity index (χ2n) is 5.09. The van der Waals surface area contributed by atoms with Crippen molar-refractivity contribution in [3.63, 3.8) is 0 Å². The molecule has 0 amide bonds. The first-order valence-corrected chi connectivity index (χ1v) is 6.93. The van der Waals surface area contributed by atoms with Crippen LogP contribution in [0.1, 0.15) is 11.1 Å². The molecule has 22 heavy (non-hydrogen) atoms. The van der Waals surface area contributed by atoms with Crippen LogP contribution in [0.4, 0.5) is 4.39 Å². The van der Waals surface area contributed by atoms with E-state index in [9.17, 15) is 9.18 Å². The van der Waals surface area contributed by atoms with Crippen LogP contribution in [0.15, 0.2) is 36.4 Å². The van der Waals surface area contributed by atoms with Gasteiger partial charge in [0.1, 0.15) is 12.4 Å². The first-order valence-electron chi connectivity index (χ1n) is 6.93. The zero-order valence-electron chi connectivity index (χ0n) is 12.0. The van der Waals surface area contributed by atoms with Crippen LogP contribution in [0.3, 0.4) is 0 Å². The zero-order valence-corrected chi connectivity index (χ0v) is 12.0. The van der Waals surface area contributed by atoms with Gasteiger partial charge in [0.2, 0.25) is 0 Å². The minimum absolute atomic E-state index is 0.0365. The molecule has 0 saturated carbocycles. The fraction of sp³-hybridized carbons (Fsp3) is 0.188. The summed E-state index contributed by atoms with van der Waals surface area (Å²) in [7, 11) is 0. The molecule has 6 heteroatoms. The Labute approximate surface area is 127 Å². The highest BCUT2D eigenvalue weighted by atomic mass is 19.1. The molecule has 3 rings (SSSR count). The number of ether oxygens (including phenoxy) is 2. The topological polar surface area (TPSA) is 44.8 Å². The Kier molecular flexibility index (Phi) is 4.11. The van der Waals surface area contributed by atoms with E-state index in [1.165, 1.54) is 12.1 Å². The smallest absolute Gasteiger partial charge is 0.324 e. The van der Waals surface area contributed by atoms with E-state index in [2.05, 4.69) is 4.74 Å². The Balaban J connectivity index is 1.77. The number of carbonyl (C=O) groups is 1. The highest BCUT2D eigenvalue weighted by Gasteiger charge is 2.23. The first kappa shape index (κ1) is 14.6. The van der Waals surface area contributed by atoms with Crippen LogP contribution in [-0.2, 0) is 27.4 Å². The van der Waals surface area contributed by atoms with Crippen LogP contribution >= 0.6 is 0 Å². The third kappa shape index (κ3) is 2.97. The maximum atomic E-state index is 14.0. The molecule has 0 N–H and O–H groups in total. The van der Waals surface area contributed by atoms with Gasteiger partial charge in [-0.05, 0) is 40.9 Å². The number of fused-ring (bicyclic) bond motifs is 1. The lowest BCUT2D eigenvalue weighted by Crippen LogP contribution is -2.23. The lowest BCUT2D eigenvalue weighted by molar-refractivity contribution is -0.129. The molecule has 0 aromatic heterocycles. The summed E-state index contributed by atoms with van der Waals surface area (Å²) >= 11 is 0. The molecule has 4 nitrogen and oxygen atoms in total. The second kappa shape index (κ2) is 6.19. The molecule has 0 saturated heterocycles. The molecule has 0 fully saturated rings. The SMILES string of the molecule is CB1OCc2cc(Oc3ccc(COC=O)cc3F)ccc21. The van der Waals surface area contributed by atoms with Crippen LogP contribution < -0.4 is 10.2 Å². The van der Waals surface area contributed by atoms with Crippen LogP contribution in [-0.4, -0.2) is 13.4 Å². The van der Waals surface area contributed by atoms with Gasteiger partial charge in [0.25, 0.3) is 6.47 Å². The summed E-state index contributed by atoms with van der Waals surface area (Å²) in [4.78, 5) is 10.1. The van der Waals surface area contributed by atoms with Crippen LogP contribution in [0.5, 0.6) is 11.5 Å². The van der Waals surface area contributed by atoms with E-state index in [1.54, 1.807) is 12.1 Å². The van der Waals surface area contributed by atoms with Crippen molar-refractivity contribution in [2.45, 2.75) is 20.0 Å². The van der Waals surface area contributed by atoms with Crippen LogP contribution in [0, 0.1) is 5.82 Å². The predicted molar refractivity (Wildman–Crippen MR) is 79.8 cm³/mol. The molecule has 2 aromatic carbocycles. The standard InChI is InChI=1S/C16H14BFO4/c1-17-14-4-3-13(7-12(14)9-21-17)22-16-5-2-11(6-15(16)18)8-20-10-19/h2-7,10H,8-9H2,1H3. The molecule has 0 aliphatic carbocycles. The maximum Gasteiger partial charge on any atom is 0.324 e. The molecule has 0 unspecified atom stereocenters. The molecule has 0 atom stereocenters. The van der Waals surface area contributed by atoms with Gasteiger partial charge in [-0.25, -0.2) is 4.39 Å². The Morgan fingerprint density at radius 1 is 1.32 bits per heavy atom. The van der Waals surface area contributed by atoms with E-state index in [0.717, 1.165) is 11.0 Å². The third-order valence-corrected chi connectivity index (χ3v) is 3.58. The highest BCUT2D eigenvalue weighted by molar-refractivity contribution is 6.67. The minimum Gasteiger partial charge on any atom is -0.463 e. The number of benzene rings is 2. The summed E-state index contributed by atoms with van der Waals surface area (Å²) < 4.78 is 29.7. The zero-order chi connectivity index (χ0) is 15.5. The number of carbonyl (C=O) groups excluding carboxylic acids is 1. The largest absolute Gasteiger partial charge is 0.463 e. The Morgan fingerprint density at radius 2 is 2.18 bits per heavy atom. The van der Waals surface area contributed by atoms with Gasteiger partial charge >= 0.3 is 6.92 Å². The molecule has 0 bridgehead atoms. The monoisotopic (exact) mass is 300 g/mol. The van der Waals surface area contributed by atoms with E-state index >= 15 is 0 Å². The summed E-state index contributed by atoms with van der Waals surface area (Å²) in [6, 6.07) is 10.1. The van der Waals surface area contributed by atoms with Crippen molar-refractivity contribution < 1.29 is 23.3 Å². The summed E-state index contributed by atoms with van der Waals surface area (Å²) in [5.41, 5.74) is 2.75. The van der Waals surface area contributed by atoms with Crippen LogP contribution in [0.2, 0.25) is 6.82 Å². The Morgan fingerprint density at radius 3 is 2.95 bits per heavy atom. The van der Waals surface area contributed by atoms with E-state index in [0.29, 0.717) is 24.4 Å². The van der Waals surface area contributed by atoms with Crippen molar-refractivity contribution in [1.82, 2.24) is 0 Å². The minimum atomic E-state index is -0.503. The summed E-state index contributed by atoms with van der Waals surface area (Å²) in [5.74, 6) is 0.186. The van der Waals surface area contributed by atoms with Gasteiger partial charge < -0.3 is 14.1 Å². The van der Waals surface area contributed by atoms with Gasteiger partial charge in [-0.3, -0.25) is 4.79 Å². The van der Waals surface area contributed by atoms with Gasteiger partial charge in [0.05, 0.1) is 6.61 Å². The van der Waals surface area contributed by atoms with Crippen molar-refractivity contribution in [3.8, 4) is 11.5 Å². The predicted octanol–water partition coefficient (Wildman–Crippen LogP) is 2.65. The van der Waals surface area contributed by atoms with Crippen molar-refractivity contribution in [2.24, 2.45) is 0 Å². The average molecular weight is 300 g/mol. The van der Waals surface area contributed by atoms with E-state index in [1.807, 2.05) is 19.0 Å². The molecule has 112 valence electrons. The summed E-state index contributed by atoms with van der Waals surface area (Å²) in [6.45, 7) is 2.98. The van der Waals surface area contributed by atoms with Gasteiger partial charge in [0, 0.05) is 0 Å². The van der Waals surface area contributed by atoms with Crippen molar-refractivity contribution in [2.75, 3.05) is 0 Å².